The lowest BCUT2D eigenvalue weighted by molar-refractivity contribution is -0.148. The molecule has 86 valence electrons. The van der Waals surface area contributed by atoms with Gasteiger partial charge in [-0.25, -0.2) is 4.79 Å². The van der Waals surface area contributed by atoms with Crippen molar-refractivity contribution < 1.29 is 14.7 Å². The third kappa shape index (κ3) is 1.56. The third-order valence-electron chi connectivity index (χ3n) is 3.02. The molecule has 1 amide bonds. The van der Waals surface area contributed by atoms with E-state index in [1.54, 1.807) is 13.1 Å². The summed E-state index contributed by atoms with van der Waals surface area (Å²) in [5.74, 6) is -1.35. The minimum Gasteiger partial charge on any atom is -0.480 e. The fraction of sp³-hybridized carbons (Fsp3) is 0.500. The lowest BCUT2D eigenvalue weighted by Crippen LogP contribution is -2.59. The van der Waals surface area contributed by atoms with E-state index in [1.807, 2.05) is 0 Å². The number of hydrogen-bond acceptors (Lipinski definition) is 3. The summed E-state index contributed by atoms with van der Waals surface area (Å²) in [5.41, 5.74) is -0.700. The molecule has 1 aromatic heterocycles. The minimum atomic E-state index is -1.07. The number of amides is 1. The van der Waals surface area contributed by atoms with Crippen molar-refractivity contribution in [2.45, 2.75) is 24.8 Å². The van der Waals surface area contributed by atoms with Crippen LogP contribution in [0, 0.1) is 0 Å². The van der Waals surface area contributed by atoms with Gasteiger partial charge in [-0.1, -0.05) is 0 Å². The van der Waals surface area contributed by atoms with Crippen LogP contribution in [-0.4, -0.2) is 32.3 Å². The molecule has 1 aliphatic carbocycles. The van der Waals surface area contributed by atoms with Gasteiger partial charge in [0.25, 0.3) is 5.91 Å². The second kappa shape index (κ2) is 3.62. The topological polar surface area (TPSA) is 84.2 Å². The number of aromatic nitrogens is 2. The normalized spacial score (nSPS) is 17.6. The molecule has 0 atom stereocenters. The van der Waals surface area contributed by atoms with Crippen LogP contribution < -0.4 is 5.32 Å². The summed E-state index contributed by atoms with van der Waals surface area (Å²) >= 11 is 0. The fourth-order valence-electron chi connectivity index (χ4n) is 1.80. The van der Waals surface area contributed by atoms with Crippen molar-refractivity contribution >= 4 is 11.9 Å². The molecule has 1 aliphatic rings. The standard InChI is InChI=1S/C10H13N3O3/c1-13-7(3-6-11-13)8(14)12-10(9(15)16)4-2-5-10/h3,6H,2,4-5H2,1H3,(H,12,14)(H,15,16). The van der Waals surface area contributed by atoms with Crippen molar-refractivity contribution in [3.8, 4) is 0 Å². The van der Waals surface area contributed by atoms with E-state index in [1.165, 1.54) is 10.9 Å². The summed E-state index contributed by atoms with van der Waals surface area (Å²) in [4.78, 5) is 22.9. The number of hydrogen-bond donors (Lipinski definition) is 2. The molecule has 1 heterocycles. The van der Waals surface area contributed by atoms with Crippen molar-refractivity contribution in [2.75, 3.05) is 0 Å². The maximum absolute atomic E-state index is 11.8. The molecule has 0 radical (unpaired) electrons. The van der Waals surface area contributed by atoms with E-state index in [0.29, 0.717) is 18.5 Å². The van der Waals surface area contributed by atoms with Crippen LogP contribution in [0.5, 0.6) is 0 Å². The second-order valence-corrected chi connectivity index (χ2v) is 4.03. The highest BCUT2D eigenvalue weighted by atomic mass is 16.4. The van der Waals surface area contributed by atoms with E-state index in [0.717, 1.165) is 6.42 Å². The molecule has 0 aliphatic heterocycles. The zero-order chi connectivity index (χ0) is 11.8. The van der Waals surface area contributed by atoms with Gasteiger partial charge >= 0.3 is 5.97 Å². The highest BCUT2D eigenvalue weighted by Crippen LogP contribution is 2.32. The largest absolute Gasteiger partial charge is 0.480 e. The maximum Gasteiger partial charge on any atom is 0.329 e. The molecule has 6 nitrogen and oxygen atoms in total. The van der Waals surface area contributed by atoms with Crippen LogP contribution in [0.4, 0.5) is 0 Å². The van der Waals surface area contributed by atoms with Crippen molar-refractivity contribution in [1.82, 2.24) is 15.1 Å². The van der Waals surface area contributed by atoms with Gasteiger partial charge in [0.15, 0.2) is 0 Å². The van der Waals surface area contributed by atoms with Gasteiger partial charge in [0.2, 0.25) is 0 Å². The summed E-state index contributed by atoms with van der Waals surface area (Å²) in [6, 6.07) is 1.56. The molecule has 2 rings (SSSR count). The molecule has 1 aromatic rings. The van der Waals surface area contributed by atoms with Gasteiger partial charge in [0, 0.05) is 13.2 Å². The molecule has 16 heavy (non-hydrogen) atoms. The molecule has 1 fully saturated rings. The first-order valence-corrected chi connectivity index (χ1v) is 5.09. The average molecular weight is 223 g/mol. The number of rotatable bonds is 3. The smallest absolute Gasteiger partial charge is 0.329 e. The number of nitrogens with zero attached hydrogens (tertiary/aromatic N) is 2. The van der Waals surface area contributed by atoms with E-state index in [9.17, 15) is 9.59 Å². The van der Waals surface area contributed by atoms with Crippen molar-refractivity contribution in [1.29, 1.82) is 0 Å². The molecular formula is C10H13N3O3. The summed E-state index contributed by atoms with van der Waals surface area (Å²) in [7, 11) is 1.64. The Morgan fingerprint density at radius 3 is 2.62 bits per heavy atom. The Kier molecular flexibility index (Phi) is 2.41. The van der Waals surface area contributed by atoms with E-state index in [4.69, 9.17) is 5.11 Å². The molecule has 0 spiro atoms. The molecule has 6 heteroatoms. The zero-order valence-electron chi connectivity index (χ0n) is 8.93. The second-order valence-electron chi connectivity index (χ2n) is 4.03. The number of aryl methyl sites for hydroxylation is 1. The highest BCUT2D eigenvalue weighted by Gasteiger charge is 2.46. The van der Waals surface area contributed by atoms with Crippen LogP contribution in [0.3, 0.4) is 0 Å². The summed E-state index contributed by atoms with van der Waals surface area (Å²) in [6.45, 7) is 0. The molecule has 0 bridgehead atoms. The maximum atomic E-state index is 11.8. The average Bonchev–Trinajstić information content (AvgIpc) is 2.57. The first-order valence-electron chi connectivity index (χ1n) is 5.09. The SMILES string of the molecule is Cn1nccc1C(=O)NC1(C(=O)O)CCC1. The Morgan fingerprint density at radius 2 is 2.25 bits per heavy atom. The summed E-state index contributed by atoms with van der Waals surface area (Å²) in [6.07, 6.45) is 3.32. The Labute approximate surface area is 92.3 Å². The number of carboxylic acids is 1. The van der Waals surface area contributed by atoms with Gasteiger partial charge in [-0.15, -0.1) is 0 Å². The molecule has 1 saturated carbocycles. The van der Waals surface area contributed by atoms with Gasteiger partial charge in [-0.3, -0.25) is 9.48 Å². The van der Waals surface area contributed by atoms with E-state index in [2.05, 4.69) is 10.4 Å². The van der Waals surface area contributed by atoms with Gasteiger partial charge in [0.05, 0.1) is 0 Å². The van der Waals surface area contributed by atoms with E-state index >= 15 is 0 Å². The lowest BCUT2D eigenvalue weighted by Gasteiger charge is -2.38. The number of nitrogens with one attached hydrogen (secondary N) is 1. The number of aliphatic carboxylic acids is 1. The number of carbonyl (C=O) groups is 2. The van der Waals surface area contributed by atoms with Crippen LogP contribution in [0.2, 0.25) is 0 Å². The Balaban J connectivity index is 2.13. The molecular weight excluding hydrogens is 210 g/mol. The first-order chi connectivity index (χ1) is 7.55. The Bertz CT molecular complexity index is 434. The lowest BCUT2D eigenvalue weighted by atomic mass is 9.76. The van der Waals surface area contributed by atoms with Crippen LogP contribution in [0.15, 0.2) is 12.3 Å². The first kappa shape index (κ1) is 10.7. The predicted molar refractivity (Wildman–Crippen MR) is 54.9 cm³/mol. The van der Waals surface area contributed by atoms with Crippen LogP contribution >= 0.6 is 0 Å². The van der Waals surface area contributed by atoms with Gasteiger partial charge in [0.1, 0.15) is 11.2 Å². The van der Waals surface area contributed by atoms with Crippen molar-refractivity contribution in [3.63, 3.8) is 0 Å². The van der Waals surface area contributed by atoms with Gasteiger partial charge in [-0.05, 0) is 25.3 Å². The summed E-state index contributed by atoms with van der Waals surface area (Å²) in [5, 5.41) is 15.5. The van der Waals surface area contributed by atoms with Crippen LogP contribution in [0.25, 0.3) is 0 Å². The highest BCUT2D eigenvalue weighted by molar-refractivity contribution is 5.96. The third-order valence-corrected chi connectivity index (χ3v) is 3.02. The van der Waals surface area contributed by atoms with E-state index in [-0.39, 0.29) is 5.91 Å². The quantitative estimate of drug-likeness (QED) is 0.764. The van der Waals surface area contributed by atoms with E-state index < -0.39 is 11.5 Å². The molecule has 0 unspecified atom stereocenters. The molecule has 2 N–H and O–H groups in total. The Morgan fingerprint density at radius 1 is 1.56 bits per heavy atom. The number of carbonyl (C=O) groups excluding carboxylic acids is 1. The monoisotopic (exact) mass is 223 g/mol. The van der Waals surface area contributed by atoms with Crippen LogP contribution in [0.1, 0.15) is 29.8 Å². The van der Waals surface area contributed by atoms with Gasteiger partial charge in [-0.2, -0.15) is 5.10 Å². The summed E-state index contributed by atoms with van der Waals surface area (Å²) < 4.78 is 1.42. The molecule has 0 aromatic carbocycles. The van der Waals surface area contributed by atoms with Gasteiger partial charge < -0.3 is 10.4 Å². The van der Waals surface area contributed by atoms with Crippen molar-refractivity contribution in [2.24, 2.45) is 7.05 Å². The predicted octanol–water partition coefficient (Wildman–Crippen LogP) is 0.157. The zero-order valence-corrected chi connectivity index (χ0v) is 8.93. The van der Waals surface area contributed by atoms with Crippen LogP contribution in [-0.2, 0) is 11.8 Å². The van der Waals surface area contributed by atoms with Crippen molar-refractivity contribution in [3.05, 3.63) is 18.0 Å². The fourth-order valence-corrected chi connectivity index (χ4v) is 1.80. The Hall–Kier alpha value is -1.85. The molecule has 0 saturated heterocycles. The minimum absolute atomic E-state index is 0.368. The number of carboxylic acid groups (broad SMARTS) is 1.